The number of amides is 1. The molecule has 0 radical (unpaired) electrons. The molecule has 2 atom stereocenters. The molecule has 0 heterocycles. The number of aryl methyl sites for hydroxylation is 1. The van der Waals surface area contributed by atoms with Crippen LogP contribution < -0.4 is 10.6 Å². The summed E-state index contributed by atoms with van der Waals surface area (Å²) >= 11 is 0. The maximum absolute atomic E-state index is 13.0. The van der Waals surface area contributed by atoms with Crippen LogP contribution in [-0.2, 0) is 4.79 Å². The van der Waals surface area contributed by atoms with Gasteiger partial charge in [-0.25, -0.2) is 0 Å². The lowest BCUT2D eigenvalue weighted by Crippen LogP contribution is -2.87. The van der Waals surface area contributed by atoms with E-state index in [1.54, 1.807) is 0 Å². The molecule has 0 saturated carbocycles. The fourth-order valence-electron chi connectivity index (χ4n) is 3.02. The number of benzene rings is 3. The van der Waals surface area contributed by atoms with Gasteiger partial charge in [-0.05, 0) is 26.0 Å². The van der Waals surface area contributed by atoms with Crippen LogP contribution in [0.5, 0.6) is 0 Å². The highest BCUT2D eigenvalue weighted by Gasteiger charge is 2.27. The van der Waals surface area contributed by atoms with E-state index in [0.29, 0.717) is 0 Å². The topological polar surface area (TPSA) is 45.7 Å². The first kappa shape index (κ1) is 17.9. The normalized spacial score (nSPS) is 13.0. The number of nitrogens with one attached hydrogen (secondary N) is 1. The van der Waals surface area contributed by atoms with Gasteiger partial charge in [0.25, 0.3) is 5.91 Å². The number of carbonyl (C=O) groups excluding carboxylic acids is 1. The quantitative estimate of drug-likeness (QED) is 0.697. The first-order chi connectivity index (χ1) is 12.6. The molecule has 0 bridgehead atoms. The SMILES string of the molecule is Cc1ccc(NC(=O)[C@@H]([NH2+][C@@H](C)c2ccccc2)c2ccccc2)cc1. The van der Waals surface area contributed by atoms with Crippen molar-refractivity contribution >= 4 is 11.6 Å². The predicted molar refractivity (Wildman–Crippen MR) is 106 cm³/mol. The third-order valence-electron chi connectivity index (χ3n) is 4.57. The molecule has 3 aromatic carbocycles. The van der Waals surface area contributed by atoms with E-state index >= 15 is 0 Å². The summed E-state index contributed by atoms with van der Waals surface area (Å²) in [6.45, 7) is 4.16. The van der Waals surface area contributed by atoms with Gasteiger partial charge in [0, 0.05) is 16.8 Å². The molecular weight excluding hydrogens is 320 g/mol. The Hall–Kier alpha value is -2.91. The van der Waals surface area contributed by atoms with E-state index in [1.807, 2.05) is 79.7 Å². The molecule has 0 spiro atoms. The molecule has 0 aliphatic carbocycles. The fraction of sp³-hybridized carbons (Fsp3) is 0.174. The highest BCUT2D eigenvalue weighted by atomic mass is 16.2. The van der Waals surface area contributed by atoms with Crippen molar-refractivity contribution in [3.8, 4) is 0 Å². The van der Waals surface area contributed by atoms with Crippen LogP contribution in [0, 0.1) is 6.92 Å². The molecule has 1 amide bonds. The number of rotatable bonds is 6. The molecule has 26 heavy (non-hydrogen) atoms. The zero-order chi connectivity index (χ0) is 18.4. The van der Waals surface area contributed by atoms with Crippen molar-refractivity contribution in [1.82, 2.24) is 0 Å². The van der Waals surface area contributed by atoms with Crippen molar-refractivity contribution in [3.63, 3.8) is 0 Å². The van der Waals surface area contributed by atoms with Gasteiger partial charge in [-0.3, -0.25) is 4.79 Å². The number of quaternary nitrogens is 1. The molecule has 3 nitrogen and oxygen atoms in total. The standard InChI is InChI=1S/C23H24N2O/c1-17-13-15-21(16-14-17)25-23(26)22(20-11-7-4-8-12-20)24-18(2)19-9-5-3-6-10-19/h3-16,18,22,24H,1-2H3,(H,25,26)/p+1/t18-,22-/m0/s1. The van der Waals surface area contributed by atoms with Gasteiger partial charge in [0.15, 0.2) is 6.04 Å². The molecule has 0 aromatic heterocycles. The molecule has 0 fully saturated rings. The molecular formula is C23H25N2O+. The highest BCUT2D eigenvalue weighted by molar-refractivity contribution is 5.94. The molecule has 3 heteroatoms. The average molecular weight is 345 g/mol. The Kier molecular flexibility index (Phi) is 5.82. The van der Waals surface area contributed by atoms with Crippen LogP contribution in [0.25, 0.3) is 0 Å². The summed E-state index contributed by atoms with van der Waals surface area (Å²) in [5.74, 6) is -0.0113. The van der Waals surface area contributed by atoms with Crippen LogP contribution in [0.4, 0.5) is 5.69 Å². The van der Waals surface area contributed by atoms with Crippen LogP contribution in [0.2, 0.25) is 0 Å². The minimum atomic E-state index is -0.312. The van der Waals surface area contributed by atoms with E-state index in [1.165, 1.54) is 11.1 Å². The van der Waals surface area contributed by atoms with Gasteiger partial charge in [-0.1, -0.05) is 78.4 Å². The molecule has 3 aromatic rings. The van der Waals surface area contributed by atoms with Crippen LogP contribution in [0.1, 0.15) is 35.7 Å². The minimum absolute atomic E-state index is 0.0113. The van der Waals surface area contributed by atoms with Gasteiger partial charge in [0.2, 0.25) is 0 Å². The van der Waals surface area contributed by atoms with Crippen LogP contribution in [0.3, 0.4) is 0 Å². The summed E-state index contributed by atoms with van der Waals surface area (Å²) in [7, 11) is 0. The molecule has 0 saturated heterocycles. The van der Waals surface area contributed by atoms with E-state index in [4.69, 9.17) is 0 Å². The van der Waals surface area contributed by atoms with Crippen molar-refractivity contribution in [3.05, 3.63) is 102 Å². The molecule has 0 aliphatic rings. The number of carbonyl (C=O) groups is 1. The van der Waals surface area contributed by atoms with Crippen molar-refractivity contribution in [2.24, 2.45) is 0 Å². The second-order valence-corrected chi connectivity index (χ2v) is 6.64. The van der Waals surface area contributed by atoms with Crippen molar-refractivity contribution in [2.45, 2.75) is 25.9 Å². The van der Waals surface area contributed by atoms with Gasteiger partial charge in [-0.2, -0.15) is 0 Å². The van der Waals surface area contributed by atoms with Crippen LogP contribution in [-0.4, -0.2) is 5.91 Å². The zero-order valence-electron chi connectivity index (χ0n) is 15.2. The van der Waals surface area contributed by atoms with Gasteiger partial charge in [0.1, 0.15) is 6.04 Å². The first-order valence-corrected chi connectivity index (χ1v) is 8.96. The van der Waals surface area contributed by atoms with Crippen LogP contribution in [0.15, 0.2) is 84.9 Å². The smallest absolute Gasteiger partial charge is 0.287 e. The second-order valence-electron chi connectivity index (χ2n) is 6.64. The first-order valence-electron chi connectivity index (χ1n) is 8.96. The summed E-state index contributed by atoms with van der Waals surface area (Å²) in [6.07, 6.45) is 0. The average Bonchev–Trinajstić information content (AvgIpc) is 2.69. The molecule has 3 rings (SSSR count). The Morgan fingerprint density at radius 1 is 0.808 bits per heavy atom. The van der Waals surface area contributed by atoms with Gasteiger partial charge < -0.3 is 10.6 Å². The zero-order valence-corrected chi connectivity index (χ0v) is 15.2. The van der Waals surface area contributed by atoms with E-state index in [-0.39, 0.29) is 18.0 Å². The summed E-state index contributed by atoms with van der Waals surface area (Å²) in [6, 6.07) is 28.0. The third kappa shape index (κ3) is 4.58. The lowest BCUT2D eigenvalue weighted by molar-refractivity contribution is -0.718. The predicted octanol–water partition coefficient (Wildman–Crippen LogP) is 4.00. The Labute approximate surface area is 155 Å². The fourth-order valence-corrected chi connectivity index (χ4v) is 3.02. The monoisotopic (exact) mass is 345 g/mol. The van der Waals surface area contributed by atoms with E-state index in [9.17, 15) is 4.79 Å². The van der Waals surface area contributed by atoms with Crippen molar-refractivity contribution in [1.29, 1.82) is 0 Å². The Bertz CT molecular complexity index is 829. The van der Waals surface area contributed by atoms with Gasteiger partial charge in [-0.15, -0.1) is 0 Å². The lowest BCUT2D eigenvalue weighted by Gasteiger charge is -2.20. The summed E-state index contributed by atoms with van der Waals surface area (Å²) in [4.78, 5) is 13.0. The molecule has 0 unspecified atom stereocenters. The summed E-state index contributed by atoms with van der Waals surface area (Å²) < 4.78 is 0. The maximum Gasteiger partial charge on any atom is 0.287 e. The van der Waals surface area contributed by atoms with Crippen molar-refractivity contribution < 1.29 is 10.1 Å². The van der Waals surface area contributed by atoms with Crippen molar-refractivity contribution in [2.75, 3.05) is 5.32 Å². The minimum Gasteiger partial charge on any atom is -0.326 e. The Morgan fingerprint density at radius 3 is 1.92 bits per heavy atom. The Morgan fingerprint density at radius 2 is 1.35 bits per heavy atom. The largest absolute Gasteiger partial charge is 0.326 e. The van der Waals surface area contributed by atoms with E-state index < -0.39 is 0 Å². The van der Waals surface area contributed by atoms with Gasteiger partial charge >= 0.3 is 0 Å². The lowest BCUT2D eigenvalue weighted by atomic mass is 10.0. The number of nitrogens with two attached hydrogens (primary N) is 1. The molecule has 0 aliphatic heterocycles. The van der Waals surface area contributed by atoms with Gasteiger partial charge in [0.05, 0.1) is 0 Å². The molecule has 3 N–H and O–H groups in total. The Balaban J connectivity index is 1.81. The number of hydrogen-bond donors (Lipinski definition) is 2. The molecule has 132 valence electrons. The summed E-state index contributed by atoms with van der Waals surface area (Å²) in [5.41, 5.74) is 4.20. The second kappa shape index (κ2) is 8.45. The highest BCUT2D eigenvalue weighted by Crippen LogP contribution is 2.16. The van der Waals surface area contributed by atoms with Crippen LogP contribution >= 0.6 is 0 Å². The third-order valence-corrected chi connectivity index (χ3v) is 4.57. The maximum atomic E-state index is 13.0. The van der Waals surface area contributed by atoms with E-state index in [0.717, 1.165) is 11.3 Å². The number of hydrogen-bond acceptors (Lipinski definition) is 1. The summed E-state index contributed by atoms with van der Waals surface area (Å²) in [5, 5.41) is 5.17. The van der Waals surface area contributed by atoms with E-state index in [2.05, 4.69) is 29.7 Å². The number of anilines is 1.